The smallest absolute Gasteiger partial charge is 0.255 e. The van der Waals surface area contributed by atoms with Crippen molar-refractivity contribution in [1.82, 2.24) is 4.98 Å². The standard InChI is InChI=1S/C21H16N2O2S2/c24-21(23-18-5-1-3-15(9-18)17-7-8-26-12-17)16-4-2-6-20(10-16)25-11-19-13-27-14-22-19/h1-10,12-14H,11H2,(H,23,24). The minimum absolute atomic E-state index is 0.170. The van der Waals surface area contributed by atoms with Gasteiger partial charge in [-0.2, -0.15) is 11.3 Å². The average molecular weight is 393 g/mol. The van der Waals surface area contributed by atoms with Crippen molar-refractivity contribution in [3.8, 4) is 16.9 Å². The molecule has 0 aliphatic heterocycles. The highest BCUT2D eigenvalue weighted by Crippen LogP contribution is 2.25. The van der Waals surface area contributed by atoms with Gasteiger partial charge in [0.15, 0.2) is 0 Å². The Morgan fingerprint density at radius 3 is 2.74 bits per heavy atom. The highest BCUT2D eigenvalue weighted by atomic mass is 32.1. The number of anilines is 1. The highest BCUT2D eigenvalue weighted by Gasteiger charge is 2.09. The predicted octanol–water partition coefficient (Wildman–Crippen LogP) is 5.70. The summed E-state index contributed by atoms with van der Waals surface area (Å²) < 4.78 is 5.72. The number of carbonyl (C=O) groups excluding carboxylic acids is 1. The summed E-state index contributed by atoms with van der Waals surface area (Å²) in [6.07, 6.45) is 0. The summed E-state index contributed by atoms with van der Waals surface area (Å²) in [6, 6.07) is 17.1. The van der Waals surface area contributed by atoms with Crippen LogP contribution in [-0.2, 0) is 6.61 Å². The molecule has 0 fully saturated rings. The molecule has 4 aromatic rings. The lowest BCUT2D eigenvalue weighted by molar-refractivity contribution is 0.102. The summed E-state index contributed by atoms with van der Waals surface area (Å²) >= 11 is 3.18. The molecule has 4 rings (SSSR count). The van der Waals surface area contributed by atoms with Gasteiger partial charge in [-0.05, 0) is 58.3 Å². The van der Waals surface area contributed by atoms with Gasteiger partial charge in [-0.25, -0.2) is 4.98 Å². The summed E-state index contributed by atoms with van der Waals surface area (Å²) in [5.41, 5.74) is 6.18. The molecule has 2 heterocycles. The second-order valence-corrected chi connectivity index (χ2v) is 7.34. The van der Waals surface area contributed by atoms with E-state index in [4.69, 9.17) is 4.74 Å². The summed E-state index contributed by atoms with van der Waals surface area (Å²) in [6.45, 7) is 0.386. The number of thiophene rings is 1. The van der Waals surface area contributed by atoms with E-state index in [0.29, 0.717) is 17.9 Å². The Morgan fingerprint density at radius 2 is 1.93 bits per heavy atom. The third-order valence-corrected chi connectivity index (χ3v) is 5.26. The molecule has 134 valence electrons. The number of amides is 1. The van der Waals surface area contributed by atoms with E-state index in [9.17, 15) is 4.79 Å². The van der Waals surface area contributed by atoms with Crippen molar-refractivity contribution in [3.05, 3.63) is 87.5 Å². The van der Waals surface area contributed by atoms with Crippen LogP contribution in [0.2, 0.25) is 0 Å². The normalized spacial score (nSPS) is 10.5. The number of rotatable bonds is 6. The highest BCUT2D eigenvalue weighted by molar-refractivity contribution is 7.08. The topological polar surface area (TPSA) is 51.2 Å². The van der Waals surface area contributed by atoms with Crippen LogP contribution in [0, 0.1) is 0 Å². The fourth-order valence-electron chi connectivity index (χ4n) is 2.60. The van der Waals surface area contributed by atoms with E-state index < -0.39 is 0 Å². The van der Waals surface area contributed by atoms with E-state index in [1.165, 1.54) is 11.3 Å². The number of carbonyl (C=O) groups is 1. The van der Waals surface area contributed by atoms with Crippen molar-refractivity contribution >= 4 is 34.3 Å². The van der Waals surface area contributed by atoms with Crippen molar-refractivity contribution in [2.24, 2.45) is 0 Å². The first kappa shape index (κ1) is 17.5. The third kappa shape index (κ3) is 4.42. The van der Waals surface area contributed by atoms with Gasteiger partial charge in [-0.15, -0.1) is 11.3 Å². The number of benzene rings is 2. The van der Waals surface area contributed by atoms with E-state index in [2.05, 4.69) is 21.7 Å². The fraction of sp³-hybridized carbons (Fsp3) is 0.0476. The first-order valence-corrected chi connectivity index (χ1v) is 10.2. The van der Waals surface area contributed by atoms with E-state index in [1.54, 1.807) is 29.0 Å². The predicted molar refractivity (Wildman–Crippen MR) is 111 cm³/mol. The zero-order valence-electron chi connectivity index (χ0n) is 14.3. The van der Waals surface area contributed by atoms with Crippen molar-refractivity contribution in [2.45, 2.75) is 6.61 Å². The monoisotopic (exact) mass is 392 g/mol. The van der Waals surface area contributed by atoms with Crippen LogP contribution in [0.3, 0.4) is 0 Å². The van der Waals surface area contributed by atoms with Gasteiger partial charge in [-0.3, -0.25) is 4.79 Å². The minimum Gasteiger partial charge on any atom is -0.487 e. The van der Waals surface area contributed by atoms with E-state index in [0.717, 1.165) is 22.5 Å². The molecule has 0 radical (unpaired) electrons. The molecule has 0 atom stereocenters. The molecule has 0 aliphatic rings. The molecule has 6 heteroatoms. The van der Waals surface area contributed by atoms with E-state index in [1.807, 2.05) is 47.2 Å². The molecule has 2 aromatic carbocycles. The van der Waals surface area contributed by atoms with Crippen LogP contribution >= 0.6 is 22.7 Å². The SMILES string of the molecule is O=C(Nc1cccc(-c2ccsc2)c1)c1cccc(OCc2cscn2)c1. The summed E-state index contributed by atoms with van der Waals surface area (Å²) in [4.78, 5) is 16.8. The molecule has 0 aliphatic carbocycles. The van der Waals surface area contributed by atoms with Gasteiger partial charge in [0.25, 0.3) is 5.91 Å². The number of aromatic nitrogens is 1. The Balaban J connectivity index is 1.45. The van der Waals surface area contributed by atoms with Crippen LogP contribution < -0.4 is 10.1 Å². The molecule has 1 N–H and O–H groups in total. The zero-order valence-corrected chi connectivity index (χ0v) is 15.9. The molecule has 0 saturated carbocycles. The van der Waals surface area contributed by atoms with Crippen molar-refractivity contribution in [3.63, 3.8) is 0 Å². The number of hydrogen-bond acceptors (Lipinski definition) is 5. The van der Waals surface area contributed by atoms with Gasteiger partial charge in [0.2, 0.25) is 0 Å². The number of hydrogen-bond donors (Lipinski definition) is 1. The fourth-order valence-corrected chi connectivity index (χ4v) is 3.81. The van der Waals surface area contributed by atoms with Crippen LogP contribution in [0.5, 0.6) is 5.75 Å². The summed E-state index contributed by atoms with van der Waals surface area (Å²) in [5.74, 6) is 0.472. The van der Waals surface area contributed by atoms with Gasteiger partial charge in [0.1, 0.15) is 12.4 Å². The first-order valence-electron chi connectivity index (χ1n) is 8.32. The summed E-state index contributed by atoms with van der Waals surface area (Å²) in [7, 11) is 0. The molecule has 4 nitrogen and oxygen atoms in total. The lowest BCUT2D eigenvalue weighted by Crippen LogP contribution is -2.12. The molecule has 27 heavy (non-hydrogen) atoms. The van der Waals surface area contributed by atoms with Crippen molar-refractivity contribution in [2.75, 3.05) is 5.32 Å². The largest absolute Gasteiger partial charge is 0.487 e. The van der Waals surface area contributed by atoms with Crippen LogP contribution in [0.15, 0.2) is 76.2 Å². The molecule has 0 bridgehead atoms. The first-order chi connectivity index (χ1) is 13.3. The second-order valence-electron chi connectivity index (χ2n) is 5.84. The van der Waals surface area contributed by atoms with Gasteiger partial charge < -0.3 is 10.1 Å². The maximum atomic E-state index is 12.6. The van der Waals surface area contributed by atoms with Crippen LogP contribution in [0.25, 0.3) is 11.1 Å². The van der Waals surface area contributed by atoms with Crippen molar-refractivity contribution < 1.29 is 9.53 Å². The number of nitrogens with zero attached hydrogens (tertiary/aromatic N) is 1. The Morgan fingerprint density at radius 1 is 1.00 bits per heavy atom. The average Bonchev–Trinajstić information content (AvgIpc) is 3.41. The maximum Gasteiger partial charge on any atom is 0.255 e. The molecular weight excluding hydrogens is 376 g/mol. The maximum absolute atomic E-state index is 12.6. The number of thiazole rings is 1. The molecule has 1 amide bonds. The molecule has 0 saturated heterocycles. The van der Waals surface area contributed by atoms with Crippen LogP contribution in [0.1, 0.15) is 16.1 Å². The van der Waals surface area contributed by atoms with Gasteiger partial charge in [0.05, 0.1) is 11.2 Å². The Kier molecular flexibility index (Phi) is 5.27. The van der Waals surface area contributed by atoms with Gasteiger partial charge >= 0.3 is 0 Å². The molecular formula is C21H16N2O2S2. The number of ether oxygens (including phenoxy) is 1. The van der Waals surface area contributed by atoms with E-state index >= 15 is 0 Å². The quantitative estimate of drug-likeness (QED) is 0.458. The van der Waals surface area contributed by atoms with Crippen LogP contribution in [-0.4, -0.2) is 10.9 Å². The van der Waals surface area contributed by atoms with Gasteiger partial charge in [0, 0.05) is 16.6 Å². The Labute approximate surface area is 165 Å². The lowest BCUT2D eigenvalue weighted by atomic mass is 10.1. The lowest BCUT2D eigenvalue weighted by Gasteiger charge is -2.09. The van der Waals surface area contributed by atoms with E-state index in [-0.39, 0.29) is 5.91 Å². The Hall–Kier alpha value is -2.96. The minimum atomic E-state index is -0.170. The van der Waals surface area contributed by atoms with Gasteiger partial charge in [-0.1, -0.05) is 18.2 Å². The summed E-state index contributed by atoms with van der Waals surface area (Å²) in [5, 5.41) is 9.02. The molecule has 0 unspecified atom stereocenters. The second kappa shape index (κ2) is 8.16. The van der Waals surface area contributed by atoms with Crippen LogP contribution in [0.4, 0.5) is 5.69 Å². The Bertz CT molecular complexity index is 1030. The molecule has 2 aromatic heterocycles. The van der Waals surface area contributed by atoms with Crippen molar-refractivity contribution in [1.29, 1.82) is 0 Å². The zero-order chi connectivity index (χ0) is 18.5. The third-order valence-electron chi connectivity index (χ3n) is 3.94. The molecule has 0 spiro atoms. The number of nitrogens with one attached hydrogen (secondary N) is 1.